The number of hydrogen-bond acceptors (Lipinski definition) is 6. The third kappa shape index (κ3) is 4.83. The van der Waals surface area contributed by atoms with Gasteiger partial charge in [0, 0.05) is 30.1 Å². The Balaban J connectivity index is 0.00000181. The Morgan fingerprint density at radius 1 is 1.03 bits per heavy atom. The van der Waals surface area contributed by atoms with Crippen LogP contribution in [0.4, 0.5) is 11.6 Å². The number of benzene rings is 1. The van der Waals surface area contributed by atoms with Gasteiger partial charge in [-0.3, -0.25) is 4.79 Å². The molecule has 0 spiro atoms. The first-order valence-corrected chi connectivity index (χ1v) is 10.5. The quantitative estimate of drug-likeness (QED) is 0.607. The van der Waals surface area contributed by atoms with Gasteiger partial charge in [-0.05, 0) is 55.1 Å². The van der Waals surface area contributed by atoms with E-state index < -0.39 is 0 Å². The SMILES string of the molecule is Nc1ncc(CCc2ccccc2)cc1C(=O)c1cccc(N2CCCNCC2)n1.[HH].[HH].[HH]. The number of pyridine rings is 2. The highest BCUT2D eigenvalue weighted by atomic mass is 16.1. The van der Waals surface area contributed by atoms with Gasteiger partial charge in [-0.15, -0.1) is 0 Å². The molecule has 6 heteroatoms. The van der Waals surface area contributed by atoms with E-state index in [-0.39, 0.29) is 15.9 Å². The Morgan fingerprint density at radius 3 is 2.73 bits per heavy atom. The number of carbonyl (C=O) groups excluding carboxylic acids is 1. The van der Waals surface area contributed by atoms with Gasteiger partial charge in [0.15, 0.2) is 0 Å². The Morgan fingerprint density at radius 2 is 1.87 bits per heavy atom. The summed E-state index contributed by atoms with van der Waals surface area (Å²) in [5, 5.41) is 3.39. The molecule has 30 heavy (non-hydrogen) atoms. The number of nitrogens with zero attached hydrogens (tertiary/aromatic N) is 3. The summed E-state index contributed by atoms with van der Waals surface area (Å²) in [7, 11) is 0. The number of nitrogens with one attached hydrogen (secondary N) is 1. The Labute approximate surface area is 181 Å². The molecule has 1 fully saturated rings. The largest absolute Gasteiger partial charge is 0.383 e. The topological polar surface area (TPSA) is 84.1 Å². The summed E-state index contributed by atoms with van der Waals surface area (Å²) in [6.45, 7) is 3.73. The molecule has 3 heterocycles. The van der Waals surface area contributed by atoms with E-state index in [0.29, 0.717) is 11.3 Å². The van der Waals surface area contributed by atoms with Crippen molar-refractivity contribution < 1.29 is 9.07 Å². The first-order valence-electron chi connectivity index (χ1n) is 10.5. The van der Waals surface area contributed by atoms with Crippen LogP contribution < -0.4 is 16.0 Å². The lowest BCUT2D eigenvalue weighted by atomic mass is 10.0. The van der Waals surface area contributed by atoms with Crippen LogP contribution in [0.25, 0.3) is 0 Å². The molecule has 160 valence electrons. The van der Waals surface area contributed by atoms with Crippen molar-refractivity contribution in [1.82, 2.24) is 15.3 Å². The minimum Gasteiger partial charge on any atom is -0.383 e. The molecule has 1 aliphatic heterocycles. The number of nitrogens with two attached hydrogens (primary N) is 1. The van der Waals surface area contributed by atoms with Crippen LogP contribution in [0.3, 0.4) is 0 Å². The summed E-state index contributed by atoms with van der Waals surface area (Å²) >= 11 is 0. The maximum atomic E-state index is 13.2. The van der Waals surface area contributed by atoms with Crippen molar-refractivity contribution >= 4 is 17.4 Å². The molecule has 4 rings (SSSR count). The van der Waals surface area contributed by atoms with Gasteiger partial charge in [-0.1, -0.05) is 36.4 Å². The van der Waals surface area contributed by atoms with Crippen molar-refractivity contribution in [1.29, 1.82) is 0 Å². The molecule has 3 N–H and O–H groups in total. The van der Waals surface area contributed by atoms with E-state index in [1.807, 2.05) is 36.4 Å². The fourth-order valence-corrected chi connectivity index (χ4v) is 3.71. The predicted molar refractivity (Wildman–Crippen MR) is 126 cm³/mol. The van der Waals surface area contributed by atoms with Gasteiger partial charge >= 0.3 is 0 Å². The van der Waals surface area contributed by atoms with E-state index in [2.05, 4.69) is 32.3 Å². The smallest absolute Gasteiger partial charge is 0.215 e. The summed E-state index contributed by atoms with van der Waals surface area (Å²) in [5.41, 5.74) is 9.12. The normalized spacial score (nSPS) is 14.3. The average Bonchev–Trinajstić information content (AvgIpc) is 3.08. The highest BCUT2D eigenvalue weighted by Crippen LogP contribution is 2.19. The zero-order valence-electron chi connectivity index (χ0n) is 17.1. The van der Waals surface area contributed by atoms with Crippen LogP contribution in [0, 0.1) is 0 Å². The molecular formula is C24H33N5O. The number of carbonyl (C=O) groups is 1. The van der Waals surface area contributed by atoms with E-state index >= 15 is 0 Å². The third-order valence-corrected chi connectivity index (χ3v) is 5.40. The average molecular weight is 408 g/mol. The molecular weight excluding hydrogens is 374 g/mol. The van der Waals surface area contributed by atoms with E-state index in [0.717, 1.165) is 56.8 Å². The van der Waals surface area contributed by atoms with Gasteiger partial charge < -0.3 is 16.0 Å². The van der Waals surface area contributed by atoms with Crippen LogP contribution in [0.15, 0.2) is 60.8 Å². The van der Waals surface area contributed by atoms with E-state index in [4.69, 9.17) is 5.73 Å². The molecule has 0 radical (unpaired) electrons. The summed E-state index contributed by atoms with van der Waals surface area (Å²) in [6.07, 6.45) is 4.49. The molecule has 0 bridgehead atoms. The van der Waals surface area contributed by atoms with Crippen molar-refractivity contribution in [3.63, 3.8) is 0 Å². The molecule has 1 saturated heterocycles. The lowest BCUT2D eigenvalue weighted by Crippen LogP contribution is -2.29. The van der Waals surface area contributed by atoms with Gasteiger partial charge in [-0.2, -0.15) is 0 Å². The zero-order valence-corrected chi connectivity index (χ0v) is 17.1. The van der Waals surface area contributed by atoms with Gasteiger partial charge in [0.05, 0.1) is 5.56 Å². The summed E-state index contributed by atoms with van der Waals surface area (Å²) in [5.74, 6) is 0.891. The second-order valence-electron chi connectivity index (χ2n) is 7.56. The number of rotatable bonds is 6. The first kappa shape index (κ1) is 20.0. The molecule has 2 aromatic heterocycles. The standard InChI is InChI=1S/C24H27N5O.3H2/c25-24-20(16-19(17-27-24)11-10-18-6-2-1-3-7-18)23(30)21-8-4-9-22(28-21)29-14-5-12-26-13-15-29;;;/h1-4,6-9,16-17,26H,5,10-15H2,(H2,25,27);3*1H. The van der Waals surface area contributed by atoms with Gasteiger partial charge in [0.25, 0.3) is 0 Å². The van der Waals surface area contributed by atoms with Crippen molar-refractivity contribution in [2.45, 2.75) is 19.3 Å². The second kappa shape index (κ2) is 9.50. The number of aryl methyl sites for hydroxylation is 2. The number of nitrogen functional groups attached to an aromatic ring is 1. The van der Waals surface area contributed by atoms with E-state index in [9.17, 15) is 4.79 Å². The molecule has 0 saturated carbocycles. The molecule has 0 amide bonds. The molecule has 0 unspecified atom stereocenters. The highest BCUT2D eigenvalue weighted by molar-refractivity contribution is 6.10. The lowest BCUT2D eigenvalue weighted by molar-refractivity contribution is 0.103. The maximum Gasteiger partial charge on any atom is 0.215 e. The van der Waals surface area contributed by atoms with Crippen LogP contribution >= 0.6 is 0 Å². The van der Waals surface area contributed by atoms with Crippen molar-refractivity contribution in [2.24, 2.45) is 0 Å². The first-order chi connectivity index (χ1) is 14.7. The van der Waals surface area contributed by atoms with E-state index in [1.54, 1.807) is 12.3 Å². The Hall–Kier alpha value is -3.25. The summed E-state index contributed by atoms with van der Waals surface area (Å²) < 4.78 is 0. The molecule has 0 atom stereocenters. The third-order valence-electron chi connectivity index (χ3n) is 5.40. The Kier molecular flexibility index (Phi) is 6.35. The predicted octanol–water partition coefficient (Wildman–Crippen LogP) is 3.61. The number of anilines is 2. The van der Waals surface area contributed by atoms with Crippen LogP contribution in [0.5, 0.6) is 0 Å². The molecule has 0 aliphatic carbocycles. The Bertz CT molecular complexity index is 1010. The van der Waals surface area contributed by atoms with Crippen molar-refractivity contribution in [3.8, 4) is 0 Å². The van der Waals surface area contributed by atoms with Crippen molar-refractivity contribution in [2.75, 3.05) is 36.8 Å². The van der Waals surface area contributed by atoms with Crippen LogP contribution in [-0.2, 0) is 12.8 Å². The van der Waals surface area contributed by atoms with Crippen LogP contribution in [-0.4, -0.2) is 41.9 Å². The number of ketones is 1. The number of aromatic nitrogens is 2. The van der Waals surface area contributed by atoms with Gasteiger partial charge in [0.1, 0.15) is 17.3 Å². The van der Waals surface area contributed by atoms with Crippen molar-refractivity contribution in [3.05, 3.63) is 83.2 Å². The van der Waals surface area contributed by atoms with Gasteiger partial charge in [-0.25, -0.2) is 9.97 Å². The molecule has 6 nitrogen and oxygen atoms in total. The minimum atomic E-state index is -0.184. The molecule has 3 aromatic rings. The van der Waals surface area contributed by atoms with Gasteiger partial charge in [0.2, 0.25) is 5.78 Å². The van der Waals surface area contributed by atoms with E-state index in [1.165, 1.54) is 5.56 Å². The molecule has 1 aliphatic rings. The number of hydrogen-bond donors (Lipinski definition) is 2. The lowest BCUT2D eigenvalue weighted by Gasteiger charge is -2.21. The minimum absolute atomic E-state index is 0. The fraction of sp³-hybridized carbons (Fsp3) is 0.292. The molecule has 1 aromatic carbocycles. The van der Waals surface area contributed by atoms with Crippen LogP contribution in [0.1, 0.15) is 37.9 Å². The summed E-state index contributed by atoms with van der Waals surface area (Å²) in [6, 6.07) is 17.7. The maximum absolute atomic E-state index is 13.2. The monoisotopic (exact) mass is 407 g/mol. The second-order valence-corrected chi connectivity index (χ2v) is 7.56. The van der Waals surface area contributed by atoms with Crippen LogP contribution in [0.2, 0.25) is 0 Å². The zero-order chi connectivity index (χ0) is 20.8. The summed E-state index contributed by atoms with van der Waals surface area (Å²) in [4.78, 5) is 24.3. The fourth-order valence-electron chi connectivity index (χ4n) is 3.71. The highest BCUT2D eigenvalue weighted by Gasteiger charge is 2.18.